The summed E-state index contributed by atoms with van der Waals surface area (Å²) in [5, 5.41) is 0. The van der Waals surface area contributed by atoms with Gasteiger partial charge in [0, 0.05) is 0 Å². The SMILES string of the molecule is C=CCCc1ccc(OC(=O)C2CCC(C3CCC4CC(C)CCC4C3)CC2)c(F)c1F. The van der Waals surface area contributed by atoms with Gasteiger partial charge in [0.25, 0.3) is 0 Å². The summed E-state index contributed by atoms with van der Waals surface area (Å²) in [6.45, 7) is 6.01. The van der Waals surface area contributed by atoms with Crippen LogP contribution in [0.25, 0.3) is 0 Å². The highest BCUT2D eigenvalue weighted by Crippen LogP contribution is 2.49. The number of carbonyl (C=O) groups is 1. The number of halogens is 2. The normalized spacial score (nSPS) is 32.7. The molecule has 3 saturated carbocycles. The molecule has 0 radical (unpaired) electrons. The molecule has 0 aliphatic heterocycles. The standard InChI is InChI=1S/C28H38F2O2/c1-3-4-5-20-14-15-25(27(30)26(20)29)32-28(31)21-10-8-19(9-11-21)23-13-12-22-16-18(2)6-7-24(22)17-23/h3,14-15,18-19,21-24H,1,4-13,16-17H2,2H3. The highest BCUT2D eigenvalue weighted by Gasteiger charge is 2.39. The van der Waals surface area contributed by atoms with E-state index in [0.717, 1.165) is 49.4 Å². The Morgan fingerprint density at radius 1 is 0.938 bits per heavy atom. The third-order valence-corrected chi connectivity index (χ3v) is 8.64. The number of hydrogen-bond acceptors (Lipinski definition) is 2. The Labute approximate surface area is 191 Å². The first-order valence-corrected chi connectivity index (χ1v) is 12.8. The second kappa shape index (κ2) is 10.5. The fraction of sp³-hybridized carbons (Fsp3) is 0.679. The van der Waals surface area contributed by atoms with Gasteiger partial charge in [-0.15, -0.1) is 6.58 Å². The van der Waals surface area contributed by atoms with Crippen molar-refractivity contribution >= 4 is 5.97 Å². The Hall–Kier alpha value is -1.71. The van der Waals surface area contributed by atoms with E-state index >= 15 is 0 Å². The molecule has 2 nitrogen and oxygen atoms in total. The quantitative estimate of drug-likeness (QED) is 0.256. The number of hydrogen-bond donors (Lipinski definition) is 0. The number of fused-ring (bicyclic) bond motifs is 1. The Kier molecular flexibility index (Phi) is 7.68. The summed E-state index contributed by atoms with van der Waals surface area (Å²) in [7, 11) is 0. The minimum absolute atomic E-state index is 0.207. The molecule has 4 unspecified atom stereocenters. The number of rotatable bonds is 6. The number of allylic oxidation sites excluding steroid dienone is 1. The van der Waals surface area contributed by atoms with Gasteiger partial charge < -0.3 is 4.74 Å². The number of carbonyl (C=O) groups excluding carboxylic acids is 1. The summed E-state index contributed by atoms with van der Waals surface area (Å²) in [4.78, 5) is 12.7. The van der Waals surface area contributed by atoms with Gasteiger partial charge in [-0.1, -0.05) is 25.5 Å². The van der Waals surface area contributed by atoms with E-state index in [2.05, 4.69) is 13.5 Å². The van der Waals surface area contributed by atoms with Crippen molar-refractivity contribution in [2.24, 2.45) is 35.5 Å². The van der Waals surface area contributed by atoms with Crippen LogP contribution in [0.1, 0.15) is 83.1 Å². The molecule has 4 atom stereocenters. The fourth-order valence-electron chi connectivity index (χ4n) is 6.71. The summed E-state index contributed by atoms with van der Waals surface area (Å²) in [5.41, 5.74) is 0.282. The predicted molar refractivity (Wildman–Crippen MR) is 123 cm³/mol. The number of aryl methyl sites for hydroxylation is 1. The molecular formula is C28H38F2O2. The summed E-state index contributed by atoms with van der Waals surface area (Å²) >= 11 is 0. The second-order valence-electron chi connectivity index (χ2n) is 10.7. The minimum atomic E-state index is -1.06. The van der Waals surface area contributed by atoms with E-state index in [1.165, 1.54) is 50.7 Å². The van der Waals surface area contributed by atoms with E-state index in [1.807, 2.05) is 0 Å². The van der Waals surface area contributed by atoms with Gasteiger partial charge in [-0.2, -0.15) is 4.39 Å². The molecule has 0 bridgehead atoms. The molecule has 0 amide bonds. The van der Waals surface area contributed by atoms with Gasteiger partial charge in [0.2, 0.25) is 5.82 Å². The van der Waals surface area contributed by atoms with Gasteiger partial charge in [0.05, 0.1) is 5.92 Å². The molecular weight excluding hydrogens is 406 g/mol. The molecule has 1 aromatic rings. The first-order chi connectivity index (χ1) is 15.5. The monoisotopic (exact) mass is 444 g/mol. The van der Waals surface area contributed by atoms with E-state index in [9.17, 15) is 13.6 Å². The lowest BCUT2D eigenvalue weighted by atomic mass is 9.61. The van der Waals surface area contributed by atoms with E-state index in [4.69, 9.17) is 4.74 Å². The van der Waals surface area contributed by atoms with Crippen LogP contribution in [-0.2, 0) is 11.2 Å². The highest BCUT2D eigenvalue weighted by atomic mass is 19.2. The second-order valence-corrected chi connectivity index (χ2v) is 10.7. The Morgan fingerprint density at radius 3 is 2.28 bits per heavy atom. The van der Waals surface area contributed by atoms with Crippen LogP contribution in [0, 0.1) is 47.1 Å². The lowest BCUT2D eigenvalue weighted by Crippen LogP contribution is -2.35. The third-order valence-electron chi connectivity index (χ3n) is 8.64. The first-order valence-electron chi connectivity index (χ1n) is 12.8. The maximum absolute atomic E-state index is 14.4. The predicted octanol–water partition coefficient (Wildman–Crippen LogP) is 7.65. The number of ether oxygens (including phenoxy) is 1. The van der Waals surface area contributed by atoms with Gasteiger partial charge in [-0.05, 0) is 112 Å². The van der Waals surface area contributed by atoms with E-state index < -0.39 is 17.6 Å². The van der Waals surface area contributed by atoms with Crippen LogP contribution in [0.15, 0.2) is 24.8 Å². The van der Waals surface area contributed by atoms with Crippen molar-refractivity contribution in [3.8, 4) is 5.75 Å². The van der Waals surface area contributed by atoms with Crippen molar-refractivity contribution in [3.05, 3.63) is 42.0 Å². The van der Waals surface area contributed by atoms with Gasteiger partial charge in [-0.3, -0.25) is 4.79 Å². The zero-order chi connectivity index (χ0) is 22.7. The Bertz CT molecular complexity index is 812. The van der Waals surface area contributed by atoms with E-state index in [0.29, 0.717) is 18.8 Å². The molecule has 0 heterocycles. The lowest BCUT2D eigenvalue weighted by molar-refractivity contribution is -0.140. The van der Waals surface area contributed by atoms with Gasteiger partial charge >= 0.3 is 5.97 Å². The molecule has 4 heteroatoms. The molecule has 0 spiro atoms. The summed E-state index contributed by atoms with van der Waals surface area (Å²) in [5.74, 6) is 1.37. The third kappa shape index (κ3) is 5.26. The Morgan fingerprint density at radius 2 is 1.56 bits per heavy atom. The van der Waals surface area contributed by atoms with Crippen LogP contribution < -0.4 is 4.74 Å². The molecule has 0 N–H and O–H groups in total. The molecule has 0 aromatic heterocycles. The van der Waals surface area contributed by atoms with Crippen molar-refractivity contribution < 1.29 is 18.3 Å². The molecule has 32 heavy (non-hydrogen) atoms. The topological polar surface area (TPSA) is 26.3 Å². The largest absolute Gasteiger partial charge is 0.423 e. The van der Waals surface area contributed by atoms with Gasteiger partial charge in [-0.25, -0.2) is 4.39 Å². The molecule has 1 aromatic carbocycles. The lowest BCUT2D eigenvalue weighted by Gasteiger charge is -2.44. The van der Waals surface area contributed by atoms with Crippen LogP contribution in [0.2, 0.25) is 0 Å². The molecule has 4 rings (SSSR count). The molecule has 3 aliphatic carbocycles. The van der Waals surface area contributed by atoms with Crippen molar-refractivity contribution in [1.29, 1.82) is 0 Å². The zero-order valence-electron chi connectivity index (χ0n) is 19.5. The molecule has 3 fully saturated rings. The fourth-order valence-corrected chi connectivity index (χ4v) is 6.71. The van der Waals surface area contributed by atoms with E-state index in [-0.39, 0.29) is 17.2 Å². The molecule has 176 valence electrons. The summed E-state index contributed by atoms with van der Waals surface area (Å²) in [6.07, 6.45) is 14.6. The van der Waals surface area contributed by atoms with Crippen molar-refractivity contribution in [2.75, 3.05) is 0 Å². The van der Waals surface area contributed by atoms with Crippen molar-refractivity contribution in [2.45, 2.75) is 84.0 Å². The van der Waals surface area contributed by atoms with Gasteiger partial charge in [0.15, 0.2) is 11.6 Å². The Balaban J connectivity index is 1.28. The number of benzene rings is 1. The van der Waals surface area contributed by atoms with Crippen LogP contribution in [0.4, 0.5) is 8.78 Å². The van der Waals surface area contributed by atoms with E-state index in [1.54, 1.807) is 6.08 Å². The zero-order valence-corrected chi connectivity index (χ0v) is 19.5. The maximum atomic E-state index is 14.4. The first kappa shape index (κ1) is 23.4. The smallest absolute Gasteiger partial charge is 0.314 e. The molecule has 0 saturated heterocycles. The number of esters is 1. The van der Waals surface area contributed by atoms with Crippen LogP contribution in [0.3, 0.4) is 0 Å². The van der Waals surface area contributed by atoms with Crippen molar-refractivity contribution in [1.82, 2.24) is 0 Å². The maximum Gasteiger partial charge on any atom is 0.314 e. The van der Waals surface area contributed by atoms with Crippen LogP contribution >= 0.6 is 0 Å². The summed E-state index contributed by atoms with van der Waals surface area (Å²) in [6, 6.07) is 2.88. The minimum Gasteiger partial charge on any atom is -0.423 e. The summed E-state index contributed by atoms with van der Waals surface area (Å²) < 4.78 is 34.0. The molecule has 3 aliphatic rings. The van der Waals surface area contributed by atoms with Gasteiger partial charge in [0.1, 0.15) is 0 Å². The average molecular weight is 445 g/mol. The van der Waals surface area contributed by atoms with Crippen LogP contribution in [0.5, 0.6) is 5.75 Å². The van der Waals surface area contributed by atoms with Crippen LogP contribution in [-0.4, -0.2) is 5.97 Å². The average Bonchev–Trinajstić information content (AvgIpc) is 2.81. The highest BCUT2D eigenvalue weighted by molar-refractivity contribution is 5.75. The van der Waals surface area contributed by atoms with Crippen molar-refractivity contribution in [3.63, 3.8) is 0 Å².